The van der Waals surface area contributed by atoms with Gasteiger partial charge in [-0.25, -0.2) is 0 Å². The van der Waals surface area contributed by atoms with Gasteiger partial charge in [0.05, 0.1) is 5.52 Å². The van der Waals surface area contributed by atoms with E-state index in [-0.39, 0.29) is 5.75 Å². The van der Waals surface area contributed by atoms with Crippen molar-refractivity contribution >= 4 is 10.9 Å². The molecular formula is C17H15NO2. The quantitative estimate of drug-likeness (QED) is 0.748. The molecule has 1 heterocycles. The van der Waals surface area contributed by atoms with Crippen LogP contribution in [0.4, 0.5) is 0 Å². The maximum absolute atomic E-state index is 10.8. The van der Waals surface area contributed by atoms with E-state index in [0.717, 1.165) is 22.0 Å². The van der Waals surface area contributed by atoms with Crippen molar-refractivity contribution in [2.75, 3.05) is 0 Å². The number of benzene rings is 2. The molecule has 0 aliphatic carbocycles. The van der Waals surface area contributed by atoms with Crippen LogP contribution in [0.2, 0.25) is 0 Å². The third-order valence-corrected chi connectivity index (χ3v) is 3.60. The Balaban J connectivity index is 2.10. The molecule has 0 aliphatic heterocycles. The van der Waals surface area contributed by atoms with Gasteiger partial charge in [0.1, 0.15) is 11.4 Å². The van der Waals surface area contributed by atoms with Crippen LogP contribution in [0, 0.1) is 0 Å². The van der Waals surface area contributed by atoms with Crippen LogP contribution in [-0.4, -0.2) is 15.2 Å². The summed E-state index contributed by atoms with van der Waals surface area (Å²) >= 11 is 0. The second-order valence-corrected chi connectivity index (χ2v) is 5.03. The van der Waals surface area contributed by atoms with E-state index in [1.807, 2.05) is 30.3 Å². The molecule has 100 valence electrons. The zero-order chi connectivity index (χ0) is 14.2. The third-order valence-electron chi connectivity index (χ3n) is 3.60. The highest BCUT2D eigenvalue weighted by atomic mass is 16.3. The van der Waals surface area contributed by atoms with Crippen LogP contribution in [0.3, 0.4) is 0 Å². The standard InChI is InChI=1S/C17H15NO2/c1-17(20,13-6-8-15(19)9-7-13)14-5-4-12-3-2-10-18-16(12)11-14/h2-11,19-20H,1H3. The molecule has 0 amide bonds. The molecule has 3 rings (SSSR count). The first-order valence-electron chi connectivity index (χ1n) is 6.44. The average Bonchev–Trinajstić information content (AvgIpc) is 2.47. The van der Waals surface area contributed by atoms with Gasteiger partial charge in [0, 0.05) is 11.6 Å². The molecule has 20 heavy (non-hydrogen) atoms. The van der Waals surface area contributed by atoms with Crippen molar-refractivity contribution in [3.8, 4) is 5.75 Å². The minimum absolute atomic E-state index is 0.185. The number of aliphatic hydroxyl groups is 1. The Bertz CT molecular complexity index is 748. The smallest absolute Gasteiger partial charge is 0.115 e. The van der Waals surface area contributed by atoms with E-state index in [2.05, 4.69) is 4.98 Å². The van der Waals surface area contributed by atoms with Crippen LogP contribution in [0.1, 0.15) is 18.1 Å². The molecule has 3 nitrogen and oxygen atoms in total. The number of hydrogen-bond acceptors (Lipinski definition) is 3. The van der Waals surface area contributed by atoms with Crippen molar-refractivity contribution in [3.05, 3.63) is 71.9 Å². The van der Waals surface area contributed by atoms with Gasteiger partial charge < -0.3 is 10.2 Å². The highest BCUT2D eigenvalue weighted by Crippen LogP contribution is 2.31. The Morgan fingerprint density at radius 2 is 1.65 bits per heavy atom. The molecule has 2 aromatic carbocycles. The second-order valence-electron chi connectivity index (χ2n) is 5.03. The Kier molecular flexibility index (Phi) is 2.92. The van der Waals surface area contributed by atoms with Gasteiger partial charge in [-0.15, -0.1) is 0 Å². The Labute approximate surface area is 117 Å². The van der Waals surface area contributed by atoms with Crippen molar-refractivity contribution in [2.45, 2.75) is 12.5 Å². The minimum atomic E-state index is -1.13. The number of nitrogens with zero attached hydrogens (tertiary/aromatic N) is 1. The van der Waals surface area contributed by atoms with Crippen molar-refractivity contribution in [3.63, 3.8) is 0 Å². The summed E-state index contributed by atoms with van der Waals surface area (Å²) < 4.78 is 0. The molecule has 0 fully saturated rings. The van der Waals surface area contributed by atoms with E-state index < -0.39 is 5.60 Å². The third kappa shape index (κ3) is 2.12. The van der Waals surface area contributed by atoms with Gasteiger partial charge in [-0.2, -0.15) is 0 Å². The minimum Gasteiger partial charge on any atom is -0.508 e. The molecule has 3 aromatic rings. The molecule has 0 bridgehead atoms. The van der Waals surface area contributed by atoms with Gasteiger partial charge in [0.25, 0.3) is 0 Å². The van der Waals surface area contributed by atoms with Crippen LogP contribution in [0.25, 0.3) is 10.9 Å². The van der Waals surface area contributed by atoms with Crippen LogP contribution in [0.5, 0.6) is 5.75 Å². The summed E-state index contributed by atoms with van der Waals surface area (Å²) in [5.74, 6) is 0.185. The molecule has 3 heteroatoms. The van der Waals surface area contributed by atoms with Gasteiger partial charge in [-0.3, -0.25) is 4.98 Å². The number of aromatic nitrogens is 1. The second kappa shape index (κ2) is 4.62. The number of pyridine rings is 1. The first-order chi connectivity index (χ1) is 9.57. The maximum Gasteiger partial charge on any atom is 0.115 e. The van der Waals surface area contributed by atoms with E-state index >= 15 is 0 Å². The zero-order valence-corrected chi connectivity index (χ0v) is 11.1. The molecule has 1 aromatic heterocycles. The van der Waals surface area contributed by atoms with Crippen LogP contribution < -0.4 is 0 Å². The summed E-state index contributed by atoms with van der Waals surface area (Å²) in [4.78, 5) is 4.31. The summed E-state index contributed by atoms with van der Waals surface area (Å²) in [6.07, 6.45) is 1.74. The fraction of sp³-hybridized carbons (Fsp3) is 0.118. The fourth-order valence-corrected chi connectivity index (χ4v) is 2.32. The van der Waals surface area contributed by atoms with Gasteiger partial charge in [0.2, 0.25) is 0 Å². The summed E-state index contributed by atoms with van der Waals surface area (Å²) in [7, 11) is 0. The average molecular weight is 265 g/mol. The molecule has 0 saturated carbocycles. The number of phenolic OH excluding ortho intramolecular Hbond substituents is 1. The number of fused-ring (bicyclic) bond motifs is 1. The van der Waals surface area contributed by atoms with E-state index in [0.29, 0.717) is 0 Å². The summed E-state index contributed by atoms with van der Waals surface area (Å²) in [6, 6.07) is 16.2. The fourth-order valence-electron chi connectivity index (χ4n) is 2.32. The topological polar surface area (TPSA) is 53.4 Å². The monoisotopic (exact) mass is 265 g/mol. The van der Waals surface area contributed by atoms with Crippen LogP contribution in [-0.2, 0) is 5.60 Å². The SMILES string of the molecule is CC(O)(c1ccc(O)cc1)c1ccc2cccnc2c1. The largest absolute Gasteiger partial charge is 0.508 e. The molecule has 1 atom stereocenters. The number of phenols is 1. The molecule has 0 spiro atoms. The van der Waals surface area contributed by atoms with Crippen molar-refractivity contribution in [1.82, 2.24) is 4.98 Å². The van der Waals surface area contributed by atoms with Gasteiger partial charge in [-0.1, -0.05) is 30.3 Å². The first-order valence-corrected chi connectivity index (χ1v) is 6.44. The Morgan fingerprint density at radius 3 is 2.40 bits per heavy atom. The maximum atomic E-state index is 10.8. The van der Waals surface area contributed by atoms with E-state index in [1.54, 1.807) is 37.4 Å². The van der Waals surface area contributed by atoms with E-state index in [9.17, 15) is 10.2 Å². The van der Waals surface area contributed by atoms with Crippen LogP contribution >= 0.6 is 0 Å². The molecule has 2 N–H and O–H groups in total. The predicted molar refractivity (Wildman–Crippen MR) is 78.5 cm³/mol. The predicted octanol–water partition coefficient (Wildman–Crippen LogP) is 3.20. The van der Waals surface area contributed by atoms with Crippen molar-refractivity contribution in [2.24, 2.45) is 0 Å². The van der Waals surface area contributed by atoms with Gasteiger partial charge in [-0.05, 0) is 42.3 Å². The first kappa shape index (κ1) is 12.6. The number of rotatable bonds is 2. The van der Waals surface area contributed by atoms with Gasteiger partial charge >= 0.3 is 0 Å². The normalized spacial score (nSPS) is 14.1. The van der Waals surface area contributed by atoms with Crippen LogP contribution in [0.15, 0.2) is 60.8 Å². The lowest BCUT2D eigenvalue weighted by atomic mass is 9.87. The number of hydrogen-bond donors (Lipinski definition) is 2. The highest BCUT2D eigenvalue weighted by molar-refractivity contribution is 5.79. The lowest BCUT2D eigenvalue weighted by Gasteiger charge is -2.24. The highest BCUT2D eigenvalue weighted by Gasteiger charge is 2.25. The molecule has 0 saturated heterocycles. The van der Waals surface area contributed by atoms with Crippen molar-refractivity contribution < 1.29 is 10.2 Å². The van der Waals surface area contributed by atoms with Gasteiger partial charge in [0.15, 0.2) is 0 Å². The zero-order valence-electron chi connectivity index (χ0n) is 11.1. The molecular weight excluding hydrogens is 250 g/mol. The molecule has 1 unspecified atom stereocenters. The lowest BCUT2D eigenvalue weighted by Crippen LogP contribution is -2.22. The summed E-state index contributed by atoms with van der Waals surface area (Å²) in [5.41, 5.74) is 1.23. The molecule has 0 aliphatic rings. The molecule has 0 radical (unpaired) electrons. The summed E-state index contributed by atoms with van der Waals surface area (Å²) in [5, 5.41) is 21.2. The number of aromatic hydroxyl groups is 1. The van der Waals surface area contributed by atoms with E-state index in [1.165, 1.54) is 0 Å². The Hall–Kier alpha value is -2.39. The van der Waals surface area contributed by atoms with Crippen molar-refractivity contribution in [1.29, 1.82) is 0 Å². The lowest BCUT2D eigenvalue weighted by molar-refractivity contribution is 0.102. The summed E-state index contributed by atoms with van der Waals surface area (Å²) in [6.45, 7) is 1.74. The Morgan fingerprint density at radius 1 is 0.950 bits per heavy atom. The van der Waals surface area contributed by atoms with E-state index in [4.69, 9.17) is 0 Å².